The molecule has 1 N–H and O–H groups in total. The number of piperidine rings is 1. The fourth-order valence-corrected chi connectivity index (χ4v) is 4.57. The summed E-state index contributed by atoms with van der Waals surface area (Å²) in [6.45, 7) is 5.29. The van der Waals surface area contributed by atoms with E-state index in [-0.39, 0.29) is 24.0 Å². The van der Waals surface area contributed by atoms with Gasteiger partial charge in [-0.2, -0.15) is 0 Å². The third kappa shape index (κ3) is 5.03. The molecule has 0 saturated carbocycles. The Morgan fingerprint density at radius 2 is 2.19 bits per heavy atom. The Labute approximate surface area is 182 Å². The molecule has 4 rings (SSSR count). The summed E-state index contributed by atoms with van der Waals surface area (Å²) < 4.78 is 5.60. The third-order valence-corrected chi connectivity index (χ3v) is 6.15. The predicted octanol–water partition coefficient (Wildman–Crippen LogP) is 3.66. The van der Waals surface area contributed by atoms with E-state index in [4.69, 9.17) is 4.42 Å². The second-order valence-electron chi connectivity index (χ2n) is 7.01. The Morgan fingerprint density at radius 1 is 1.33 bits per heavy atom. The average molecular weight is 501 g/mol. The monoisotopic (exact) mass is 501 g/mol. The van der Waals surface area contributed by atoms with Crippen molar-refractivity contribution in [3.8, 4) is 10.8 Å². The minimum atomic E-state index is 0. The highest BCUT2D eigenvalue weighted by molar-refractivity contribution is 14.0. The Balaban J connectivity index is 0.00000210. The van der Waals surface area contributed by atoms with Crippen LogP contribution in [0, 0.1) is 0 Å². The van der Waals surface area contributed by atoms with Gasteiger partial charge in [0.2, 0.25) is 5.89 Å². The molecule has 0 bridgehead atoms. The molecule has 0 aliphatic carbocycles. The molecule has 6 nitrogen and oxygen atoms in total. The number of oxazole rings is 1. The van der Waals surface area contributed by atoms with Crippen LogP contribution >= 0.6 is 35.3 Å². The topological polar surface area (TPSA) is 56.9 Å². The molecule has 2 aromatic rings. The van der Waals surface area contributed by atoms with Gasteiger partial charge in [0.05, 0.1) is 17.1 Å². The van der Waals surface area contributed by atoms with Gasteiger partial charge in [0.25, 0.3) is 0 Å². The minimum Gasteiger partial charge on any atom is -0.443 e. The second-order valence-corrected chi connectivity index (χ2v) is 7.95. The van der Waals surface area contributed by atoms with Crippen molar-refractivity contribution < 1.29 is 4.42 Å². The molecule has 0 amide bonds. The highest BCUT2D eigenvalue weighted by Gasteiger charge is 2.30. The average Bonchev–Trinajstić information content (AvgIpc) is 3.44. The predicted molar refractivity (Wildman–Crippen MR) is 121 cm³/mol. The van der Waals surface area contributed by atoms with Gasteiger partial charge in [-0.1, -0.05) is 12.5 Å². The van der Waals surface area contributed by atoms with Crippen LogP contribution in [0.25, 0.3) is 10.8 Å². The lowest BCUT2D eigenvalue weighted by atomic mass is 10.1. The van der Waals surface area contributed by atoms with E-state index in [1.165, 1.54) is 38.8 Å². The molecule has 0 aromatic carbocycles. The fourth-order valence-electron chi connectivity index (χ4n) is 3.92. The summed E-state index contributed by atoms with van der Waals surface area (Å²) in [5.41, 5.74) is 0.904. The number of nitrogens with one attached hydrogen (secondary N) is 1. The SMILES string of the molecule is CN=C(NCc1coc(-c2cccs2)n1)N1CCC(N2CCCCC2)C1.I. The number of guanidine groups is 1. The van der Waals surface area contributed by atoms with E-state index in [9.17, 15) is 0 Å². The van der Waals surface area contributed by atoms with Gasteiger partial charge in [-0.15, -0.1) is 35.3 Å². The lowest BCUT2D eigenvalue weighted by Crippen LogP contribution is -2.44. The number of aromatic nitrogens is 1. The van der Waals surface area contributed by atoms with Crippen LogP contribution in [0.15, 0.2) is 33.2 Å². The summed E-state index contributed by atoms with van der Waals surface area (Å²) in [7, 11) is 1.86. The molecule has 1 atom stereocenters. The van der Waals surface area contributed by atoms with Gasteiger partial charge >= 0.3 is 0 Å². The van der Waals surface area contributed by atoms with Crippen LogP contribution in [-0.2, 0) is 6.54 Å². The molecule has 1 unspecified atom stereocenters. The summed E-state index contributed by atoms with van der Waals surface area (Å²) in [6, 6.07) is 4.71. The van der Waals surface area contributed by atoms with Crippen molar-refractivity contribution >= 4 is 41.3 Å². The highest BCUT2D eigenvalue weighted by Crippen LogP contribution is 2.24. The summed E-state index contributed by atoms with van der Waals surface area (Å²) in [5.74, 6) is 1.66. The molecule has 0 spiro atoms. The zero-order valence-electron chi connectivity index (χ0n) is 15.8. The van der Waals surface area contributed by atoms with Gasteiger partial charge < -0.3 is 14.6 Å². The maximum Gasteiger partial charge on any atom is 0.236 e. The van der Waals surface area contributed by atoms with Crippen molar-refractivity contribution in [3.05, 3.63) is 29.5 Å². The molecule has 0 radical (unpaired) electrons. The summed E-state index contributed by atoms with van der Waals surface area (Å²) in [4.78, 5) is 15.2. The van der Waals surface area contributed by atoms with Crippen molar-refractivity contribution in [2.24, 2.45) is 4.99 Å². The lowest BCUT2D eigenvalue weighted by Gasteiger charge is -2.32. The van der Waals surface area contributed by atoms with Crippen molar-refractivity contribution in [2.75, 3.05) is 33.2 Å². The molecule has 2 aliphatic rings. The Bertz CT molecular complexity index is 726. The molecule has 2 saturated heterocycles. The van der Waals surface area contributed by atoms with Gasteiger partial charge in [0, 0.05) is 26.2 Å². The van der Waals surface area contributed by atoms with Crippen LogP contribution in [0.1, 0.15) is 31.4 Å². The number of rotatable bonds is 4. The number of likely N-dealkylation sites (tertiary alicyclic amines) is 2. The zero-order valence-corrected chi connectivity index (χ0v) is 18.9. The highest BCUT2D eigenvalue weighted by atomic mass is 127. The van der Waals surface area contributed by atoms with Gasteiger partial charge in [0.15, 0.2) is 5.96 Å². The molecule has 148 valence electrons. The Morgan fingerprint density at radius 3 is 2.93 bits per heavy atom. The van der Waals surface area contributed by atoms with Crippen LogP contribution in [-0.4, -0.2) is 60.0 Å². The van der Waals surface area contributed by atoms with E-state index < -0.39 is 0 Å². The van der Waals surface area contributed by atoms with Crippen LogP contribution < -0.4 is 5.32 Å². The summed E-state index contributed by atoms with van der Waals surface area (Å²) >= 11 is 1.64. The van der Waals surface area contributed by atoms with Crippen LogP contribution in [0.3, 0.4) is 0 Å². The lowest BCUT2D eigenvalue weighted by molar-refractivity contribution is 0.168. The maximum absolute atomic E-state index is 5.60. The first-order valence-corrected chi connectivity index (χ1v) is 10.4. The number of hydrogen-bond acceptors (Lipinski definition) is 5. The number of nitrogens with zero attached hydrogens (tertiary/aromatic N) is 4. The van der Waals surface area contributed by atoms with Gasteiger partial charge in [-0.3, -0.25) is 9.89 Å². The van der Waals surface area contributed by atoms with E-state index in [1.54, 1.807) is 17.6 Å². The van der Waals surface area contributed by atoms with E-state index in [1.807, 2.05) is 24.6 Å². The molecular weight excluding hydrogens is 473 g/mol. The molecule has 4 heterocycles. The number of aliphatic imine (C=N–C) groups is 1. The van der Waals surface area contributed by atoms with Crippen molar-refractivity contribution in [1.29, 1.82) is 0 Å². The first-order valence-electron chi connectivity index (χ1n) is 9.51. The van der Waals surface area contributed by atoms with Gasteiger partial charge in [0.1, 0.15) is 6.26 Å². The smallest absolute Gasteiger partial charge is 0.236 e. The largest absolute Gasteiger partial charge is 0.443 e. The second kappa shape index (κ2) is 9.88. The van der Waals surface area contributed by atoms with E-state index in [0.29, 0.717) is 18.5 Å². The fraction of sp³-hybridized carbons (Fsp3) is 0.579. The molecule has 2 fully saturated rings. The van der Waals surface area contributed by atoms with Crippen molar-refractivity contribution in [2.45, 2.75) is 38.3 Å². The molecule has 2 aliphatic heterocycles. The molecule has 27 heavy (non-hydrogen) atoms. The van der Waals surface area contributed by atoms with E-state index in [0.717, 1.165) is 29.6 Å². The quantitative estimate of drug-likeness (QED) is 0.394. The van der Waals surface area contributed by atoms with Gasteiger partial charge in [-0.05, 0) is 43.8 Å². The first kappa shape index (κ1) is 20.6. The third-order valence-electron chi connectivity index (χ3n) is 5.29. The molecule has 8 heteroatoms. The molecule has 2 aromatic heterocycles. The Hall–Kier alpha value is -1.13. The number of thiophene rings is 1. The normalized spacial score (nSPS) is 21.3. The zero-order chi connectivity index (χ0) is 17.8. The minimum absolute atomic E-state index is 0. The number of halogens is 1. The summed E-state index contributed by atoms with van der Waals surface area (Å²) in [6.07, 6.45) is 7.05. The Kier molecular flexibility index (Phi) is 7.54. The van der Waals surface area contributed by atoms with E-state index in [2.05, 4.69) is 25.1 Å². The number of hydrogen-bond donors (Lipinski definition) is 1. The van der Waals surface area contributed by atoms with Gasteiger partial charge in [-0.25, -0.2) is 4.98 Å². The van der Waals surface area contributed by atoms with E-state index >= 15 is 0 Å². The van der Waals surface area contributed by atoms with Crippen molar-refractivity contribution in [3.63, 3.8) is 0 Å². The summed E-state index contributed by atoms with van der Waals surface area (Å²) in [5, 5.41) is 5.48. The van der Waals surface area contributed by atoms with Crippen LogP contribution in [0.5, 0.6) is 0 Å². The molecular formula is C19H28IN5OS. The maximum atomic E-state index is 5.60. The standard InChI is InChI=1S/C19H27N5OS.HI/c1-20-19(24-10-7-16(13-24)23-8-3-2-4-9-23)21-12-15-14-25-18(22-15)17-6-5-11-26-17;/h5-6,11,14,16H,2-4,7-10,12-13H2,1H3,(H,20,21);1H. The van der Waals surface area contributed by atoms with Crippen LogP contribution in [0.4, 0.5) is 0 Å². The van der Waals surface area contributed by atoms with Crippen molar-refractivity contribution in [1.82, 2.24) is 20.1 Å². The van der Waals surface area contributed by atoms with Crippen LogP contribution in [0.2, 0.25) is 0 Å². The first-order chi connectivity index (χ1) is 12.8.